The third kappa shape index (κ3) is 3.28. The van der Waals surface area contributed by atoms with E-state index in [4.69, 9.17) is 9.15 Å². The molecule has 102 valence electrons. The molecule has 0 saturated heterocycles. The number of unbranched alkanes of at least 4 members (excludes halogenated alkanes) is 1. The minimum Gasteiger partial charge on any atom is -0.464 e. The third-order valence-electron chi connectivity index (χ3n) is 3.08. The van der Waals surface area contributed by atoms with Crippen LogP contribution < -0.4 is 10.5 Å². The molecule has 1 heterocycles. The highest BCUT2D eigenvalue weighted by Crippen LogP contribution is 2.18. The maximum atomic E-state index is 11.8. The second kappa shape index (κ2) is 6.27. The van der Waals surface area contributed by atoms with E-state index < -0.39 is 0 Å². The van der Waals surface area contributed by atoms with Crippen molar-refractivity contribution >= 4 is 0 Å². The zero-order valence-corrected chi connectivity index (χ0v) is 11.3. The maximum absolute atomic E-state index is 11.8. The molecule has 0 aliphatic rings. The topological polar surface area (TPSA) is 44.4 Å². The van der Waals surface area contributed by atoms with Gasteiger partial charge in [-0.15, -0.1) is 0 Å². The second-order valence-electron chi connectivity index (χ2n) is 4.51. The van der Waals surface area contributed by atoms with Gasteiger partial charge >= 0.3 is 11.7 Å². The lowest BCUT2D eigenvalue weighted by Crippen LogP contribution is -2.18. The fraction of sp³-hybridized carbons (Fsp3) is 0.400. The van der Waals surface area contributed by atoms with E-state index in [0.717, 1.165) is 18.4 Å². The van der Waals surface area contributed by atoms with Crippen LogP contribution in [-0.4, -0.2) is 11.2 Å². The van der Waals surface area contributed by atoms with Crippen LogP contribution in [0.2, 0.25) is 0 Å². The van der Waals surface area contributed by atoms with E-state index in [-0.39, 0.29) is 11.8 Å². The largest absolute Gasteiger partial charge is 0.464 e. The van der Waals surface area contributed by atoms with Crippen molar-refractivity contribution in [3.63, 3.8) is 0 Å². The highest BCUT2D eigenvalue weighted by Gasteiger charge is 2.14. The summed E-state index contributed by atoms with van der Waals surface area (Å²) in [5, 5.41) is 0. The number of rotatable bonds is 6. The molecule has 0 fully saturated rings. The number of benzene rings is 1. The Morgan fingerprint density at radius 2 is 2.05 bits per heavy atom. The SMILES string of the molecule is CCCCOc1cn(C(C)c2ccccc2)c(=O)o1. The van der Waals surface area contributed by atoms with Crippen LogP contribution in [0.3, 0.4) is 0 Å². The minimum absolute atomic E-state index is 0.0685. The monoisotopic (exact) mass is 261 g/mol. The summed E-state index contributed by atoms with van der Waals surface area (Å²) < 4.78 is 12.0. The zero-order valence-electron chi connectivity index (χ0n) is 11.3. The average molecular weight is 261 g/mol. The predicted octanol–water partition coefficient (Wildman–Crippen LogP) is 3.23. The summed E-state index contributed by atoms with van der Waals surface area (Å²) in [6.07, 6.45) is 3.63. The molecular formula is C15H19NO3. The summed E-state index contributed by atoms with van der Waals surface area (Å²) in [5.74, 6) is -0.0934. The Hall–Kier alpha value is -1.97. The van der Waals surface area contributed by atoms with Gasteiger partial charge < -0.3 is 9.15 Å². The molecular weight excluding hydrogens is 242 g/mol. The van der Waals surface area contributed by atoms with Crippen LogP contribution in [0, 0.1) is 0 Å². The summed E-state index contributed by atoms with van der Waals surface area (Å²) in [7, 11) is 0. The van der Waals surface area contributed by atoms with Crippen molar-refractivity contribution in [2.24, 2.45) is 0 Å². The Morgan fingerprint density at radius 1 is 1.32 bits per heavy atom. The van der Waals surface area contributed by atoms with Crippen molar-refractivity contribution in [3.05, 3.63) is 52.6 Å². The summed E-state index contributed by atoms with van der Waals surface area (Å²) >= 11 is 0. The molecule has 1 aromatic heterocycles. The van der Waals surface area contributed by atoms with Gasteiger partial charge in [-0.05, 0) is 18.9 Å². The average Bonchev–Trinajstić information content (AvgIpc) is 2.80. The Bertz CT molecular complexity index is 556. The van der Waals surface area contributed by atoms with Gasteiger partial charge in [0.2, 0.25) is 0 Å². The van der Waals surface area contributed by atoms with Crippen LogP contribution in [0.15, 0.2) is 45.7 Å². The van der Waals surface area contributed by atoms with E-state index >= 15 is 0 Å². The molecule has 0 N–H and O–H groups in total. The molecule has 0 spiro atoms. The fourth-order valence-electron chi connectivity index (χ4n) is 1.88. The highest BCUT2D eigenvalue weighted by molar-refractivity contribution is 5.19. The van der Waals surface area contributed by atoms with Gasteiger partial charge in [0, 0.05) is 0 Å². The van der Waals surface area contributed by atoms with Crippen molar-refractivity contribution in [2.75, 3.05) is 6.61 Å². The molecule has 0 bridgehead atoms. The van der Waals surface area contributed by atoms with E-state index in [2.05, 4.69) is 6.92 Å². The van der Waals surface area contributed by atoms with E-state index in [1.807, 2.05) is 37.3 Å². The zero-order chi connectivity index (χ0) is 13.7. The molecule has 0 aliphatic carbocycles. The summed E-state index contributed by atoms with van der Waals surface area (Å²) in [6.45, 7) is 4.62. The molecule has 1 aromatic carbocycles. The van der Waals surface area contributed by atoms with Crippen molar-refractivity contribution in [3.8, 4) is 5.95 Å². The van der Waals surface area contributed by atoms with Crippen LogP contribution in [0.1, 0.15) is 38.3 Å². The first kappa shape index (κ1) is 13.5. The van der Waals surface area contributed by atoms with Crippen LogP contribution >= 0.6 is 0 Å². The molecule has 4 heteroatoms. The molecule has 4 nitrogen and oxygen atoms in total. The molecule has 1 atom stereocenters. The lowest BCUT2D eigenvalue weighted by atomic mass is 10.1. The Morgan fingerprint density at radius 3 is 2.74 bits per heavy atom. The molecule has 1 unspecified atom stereocenters. The molecule has 19 heavy (non-hydrogen) atoms. The van der Waals surface area contributed by atoms with Gasteiger partial charge in [0.15, 0.2) is 0 Å². The van der Waals surface area contributed by atoms with Crippen molar-refractivity contribution in [1.29, 1.82) is 0 Å². The molecule has 2 rings (SSSR count). The first-order chi connectivity index (χ1) is 9.22. The second-order valence-corrected chi connectivity index (χ2v) is 4.51. The van der Waals surface area contributed by atoms with Gasteiger partial charge in [0.1, 0.15) is 0 Å². The quantitative estimate of drug-likeness (QED) is 0.750. The maximum Gasteiger partial charge on any atom is 0.422 e. The summed E-state index contributed by atoms with van der Waals surface area (Å²) in [5.41, 5.74) is 1.06. The summed E-state index contributed by atoms with van der Waals surface area (Å²) in [4.78, 5) is 11.8. The third-order valence-corrected chi connectivity index (χ3v) is 3.08. The first-order valence-corrected chi connectivity index (χ1v) is 6.62. The molecule has 0 aliphatic heterocycles. The highest BCUT2D eigenvalue weighted by atomic mass is 16.6. The van der Waals surface area contributed by atoms with Gasteiger partial charge in [-0.2, -0.15) is 0 Å². The Kier molecular flexibility index (Phi) is 4.44. The van der Waals surface area contributed by atoms with Crippen LogP contribution in [0.4, 0.5) is 0 Å². The van der Waals surface area contributed by atoms with Gasteiger partial charge in [0.25, 0.3) is 0 Å². The molecule has 0 saturated carbocycles. The molecule has 0 amide bonds. The minimum atomic E-state index is -0.386. The van der Waals surface area contributed by atoms with E-state index in [0.29, 0.717) is 12.6 Å². The van der Waals surface area contributed by atoms with Crippen LogP contribution in [0.5, 0.6) is 5.95 Å². The van der Waals surface area contributed by atoms with E-state index in [1.54, 1.807) is 10.8 Å². The van der Waals surface area contributed by atoms with Gasteiger partial charge in [0.05, 0.1) is 18.8 Å². The van der Waals surface area contributed by atoms with E-state index in [1.165, 1.54) is 0 Å². The van der Waals surface area contributed by atoms with Gasteiger partial charge in [-0.25, -0.2) is 4.79 Å². The standard InChI is InChI=1S/C15H19NO3/c1-3-4-10-18-14-11-16(15(17)19-14)12(2)13-8-6-5-7-9-13/h5-9,11-12H,3-4,10H2,1-2H3. The van der Waals surface area contributed by atoms with Crippen molar-refractivity contribution in [1.82, 2.24) is 4.57 Å². The number of oxazole rings is 1. The fourth-order valence-corrected chi connectivity index (χ4v) is 1.88. The number of aromatic nitrogens is 1. The van der Waals surface area contributed by atoms with Gasteiger partial charge in [-0.1, -0.05) is 43.7 Å². The first-order valence-electron chi connectivity index (χ1n) is 6.62. The number of hydrogen-bond donors (Lipinski definition) is 0. The molecule has 2 aromatic rings. The van der Waals surface area contributed by atoms with Crippen molar-refractivity contribution in [2.45, 2.75) is 32.7 Å². The summed E-state index contributed by atoms with van der Waals surface area (Å²) in [6, 6.07) is 9.77. The van der Waals surface area contributed by atoms with E-state index in [9.17, 15) is 4.79 Å². The Labute approximate surface area is 112 Å². The smallest absolute Gasteiger partial charge is 0.422 e. The van der Waals surface area contributed by atoms with Crippen LogP contribution in [0.25, 0.3) is 0 Å². The van der Waals surface area contributed by atoms with Crippen LogP contribution in [-0.2, 0) is 0 Å². The number of hydrogen-bond acceptors (Lipinski definition) is 3. The van der Waals surface area contributed by atoms with Crippen molar-refractivity contribution < 1.29 is 9.15 Å². The normalized spacial score (nSPS) is 12.3. The lowest BCUT2D eigenvalue weighted by molar-refractivity contribution is 0.232. The number of ether oxygens (including phenoxy) is 1. The predicted molar refractivity (Wildman–Crippen MR) is 73.6 cm³/mol. The number of nitrogens with zero attached hydrogens (tertiary/aromatic N) is 1. The lowest BCUT2D eigenvalue weighted by Gasteiger charge is -2.10. The molecule has 0 radical (unpaired) electrons. The van der Waals surface area contributed by atoms with Gasteiger partial charge in [-0.3, -0.25) is 4.57 Å². The Balaban J connectivity index is 2.14.